The second-order valence-electron chi connectivity index (χ2n) is 23.3. The van der Waals surface area contributed by atoms with Crippen molar-refractivity contribution in [2.24, 2.45) is 0 Å². The number of hydrogen-bond acceptors (Lipinski definition) is 14. The SMILES string of the molecule is CCCCCCC/C=C\C/C=C\C/C=C\CCCCCCCCCOCC(COC1OC(COC2OC(CO)C(O)C(O)C2O)C(O)C(O)C1O)OC(=O)CCCCCCCCCCCCCCC/C=C\CCCCCCCCCC. The van der Waals surface area contributed by atoms with E-state index in [1.165, 1.54) is 186 Å². The fourth-order valence-corrected chi connectivity index (χ4v) is 10.5. The molecule has 0 radical (unpaired) electrons. The van der Waals surface area contributed by atoms with E-state index in [1.54, 1.807) is 0 Å². The number of unbranched alkanes of at least 4 members (excludes halogenated alkanes) is 33. The standard InChI is InChI=1S/C67H122O14/c1-3-5-7-9-11-13-15-17-19-21-23-25-27-28-29-30-32-34-36-38-40-42-44-46-48-50-59(69)79-56(53-76-51-49-47-45-43-41-39-37-35-33-31-26-24-22-20-18-16-14-12-10-8-6-4-2)54-77-66-65(75)63(73)61(71)58(81-66)55-78-67-64(74)62(72)60(70)57(52-68)80-67/h16,18,21-24,31,33,56-58,60-68,70-75H,3-15,17,19-20,25-30,32,34-55H2,1-2H3/b18-16-,23-21-,24-22-,33-31-. The monoisotopic (exact) mass is 1150 g/mol. The van der Waals surface area contributed by atoms with Crippen LogP contribution < -0.4 is 0 Å². The predicted octanol–water partition coefficient (Wildman–Crippen LogP) is 13.4. The van der Waals surface area contributed by atoms with Crippen LogP contribution in [-0.4, -0.2) is 142 Å². The Morgan fingerprint density at radius 1 is 0.407 bits per heavy atom. The number of ether oxygens (including phenoxy) is 6. The first-order valence-electron chi connectivity index (χ1n) is 33.2. The van der Waals surface area contributed by atoms with Gasteiger partial charge in [0.1, 0.15) is 54.9 Å². The molecule has 2 heterocycles. The molecule has 11 atom stereocenters. The van der Waals surface area contributed by atoms with Crippen LogP contribution in [0.5, 0.6) is 0 Å². The largest absolute Gasteiger partial charge is 0.457 e. The van der Waals surface area contributed by atoms with Gasteiger partial charge in [0.2, 0.25) is 0 Å². The summed E-state index contributed by atoms with van der Waals surface area (Å²) in [7, 11) is 0. The fraction of sp³-hybridized carbons (Fsp3) is 0.866. The molecular formula is C67H122O14. The van der Waals surface area contributed by atoms with Crippen LogP contribution in [0.4, 0.5) is 0 Å². The molecule has 0 aliphatic carbocycles. The van der Waals surface area contributed by atoms with Gasteiger partial charge in [0.05, 0.1) is 26.4 Å². The summed E-state index contributed by atoms with van der Waals surface area (Å²) in [6.07, 6.45) is 50.3. The normalized spacial score (nSPS) is 24.0. The zero-order chi connectivity index (χ0) is 58.6. The predicted molar refractivity (Wildman–Crippen MR) is 326 cm³/mol. The second-order valence-corrected chi connectivity index (χ2v) is 23.3. The van der Waals surface area contributed by atoms with Crippen molar-refractivity contribution in [3.8, 4) is 0 Å². The Hall–Kier alpha value is -2.05. The third-order valence-corrected chi connectivity index (χ3v) is 15.8. The first kappa shape index (κ1) is 75.0. The number of esters is 1. The van der Waals surface area contributed by atoms with Crippen LogP contribution in [0.1, 0.15) is 271 Å². The zero-order valence-electron chi connectivity index (χ0n) is 51.3. The van der Waals surface area contributed by atoms with Crippen LogP contribution in [0.25, 0.3) is 0 Å². The number of carbonyl (C=O) groups is 1. The minimum Gasteiger partial charge on any atom is -0.457 e. The van der Waals surface area contributed by atoms with E-state index in [0.717, 1.165) is 57.8 Å². The molecule has 2 aliphatic rings. The van der Waals surface area contributed by atoms with E-state index < -0.39 is 80.7 Å². The summed E-state index contributed by atoms with van der Waals surface area (Å²) >= 11 is 0. The van der Waals surface area contributed by atoms with Gasteiger partial charge >= 0.3 is 5.97 Å². The van der Waals surface area contributed by atoms with Crippen molar-refractivity contribution in [3.63, 3.8) is 0 Å². The molecule has 7 N–H and O–H groups in total. The smallest absolute Gasteiger partial charge is 0.306 e. The second kappa shape index (κ2) is 53.4. The Balaban J connectivity index is 1.67. The first-order valence-corrected chi connectivity index (χ1v) is 33.2. The van der Waals surface area contributed by atoms with Gasteiger partial charge in [-0.2, -0.15) is 0 Å². The zero-order valence-corrected chi connectivity index (χ0v) is 51.3. The number of hydrogen-bond donors (Lipinski definition) is 7. The highest BCUT2D eigenvalue weighted by molar-refractivity contribution is 5.69. The van der Waals surface area contributed by atoms with E-state index in [-0.39, 0.29) is 25.6 Å². The molecule has 2 saturated heterocycles. The van der Waals surface area contributed by atoms with Gasteiger partial charge in [0.25, 0.3) is 0 Å². The van der Waals surface area contributed by atoms with Gasteiger partial charge in [-0.05, 0) is 77.0 Å². The van der Waals surface area contributed by atoms with Crippen LogP contribution in [-0.2, 0) is 33.2 Å². The van der Waals surface area contributed by atoms with E-state index in [1.807, 2.05) is 0 Å². The highest BCUT2D eigenvalue weighted by Gasteiger charge is 2.47. The molecular weight excluding hydrogens is 1030 g/mol. The number of carbonyl (C=O) groups excluding carboxylic acids is 1. The molecule has 0 amide bonds. The quantitative estimate of drug-likeness (QED) is 0.0171. The van der Waals surface area contributed by atoms with Crippen molar-refractivity contribution in [1.82, 2.24) is 0 Å². The van der Waals surface area contributed by atoms with Crippen molar-refractivity contribution >= 4 is 5.97 Å². The molecule has 81 heavy (non-hydrogen) atoms. The molecule has 14 heteroatoms. The Morgan fingerprint density at radius 3 is 1.21 bits per heavy atom. The lowest BCUT2D eigenvalue weighted by Crippen LogP contribution is -2.61. The fourth-order valence-electron chi connectivity index (χ4n) is 10.5. The summed E-state index contributed by atoms with van der Waals surface area (Å²) in [5.41, 5.74) is 0. The van der Waals surface area contributed by atoms with E-state index >= 15 is 0 Å². The highest BCUT2D eigenvalue weighted by Crippen LogP contribution is 2.27. The van der Waals surface area contributed by atoms with E-state index in [9.17, 15) is 40.5 Å². The Kier molecular flexibility index (Phi) is 49.5. The van der Waals surface area contributed by atoms with E-state index in [0.29, 0.717) is 13.0 Å². The molecule has 474 valence electrons. The molecule has 0 aromatic carbocycles. The van der Waals surface area contributed by atoms with Gasteiger partial charge in [-0.15, -0.1) is 0 Å². The van der Waals surface area contributed by atoms with Crippen LogP contribution in [0.15, 0.2) is 48.6 Å². The lowest BCUT2D eigenvalue weighted by Gasteiger charge is -2.42. The highest BCUT2D eigenvalue weighted by atomic mass is 16.7. The molecule has 0 aromatic heterocycles. The molecule has 0 bridgehead atoms. The van der Waals surface area contributed by atoms with Gasteiger partial charge in [-0.1, -0.05) is 236 Å². The molecule has 2 aliphatic heterocycles. The molecule has 0 spiro atoms. The lowest BCUT2D eigenvalue weighted by molar-refractivity contribution is -0.332. The minimum absolute atomic E-state index is 0.0556. The van der Waals surface area contributed by atoms with Crippen molar-refractivity contribution in [3.05, 3.63) is 48.6 Å². The average molecular weight is 1150 g/mol. The van der Waals surface area contributed by atoms with Crippen LogP contribution in [0.2, 0.25) is 0 Å². The lowest BCUT2D eigenvalue weighted by atomic mass is 9.98. The maximum atomic E-state index is 13.1. The minimum atomic E-state index is -1.71. The van der Waals surface area contributed by atoms with Crippen molar-refractivity contribution in [2.45, 2.75) is 338 Å². The van der Waals surface area contributed by atoms with Crippen LogP contribution >= 0.6 is 0 Å². The summed E-state index contributed by atoms with van der Waals surface area (Å²) in [4.78, 5) is 13.1. The van der Waals surface area contributed by atoms with Gasteiger partial charge in [-0.25, -0.2) is 0 Å². The molecule has 2 rings (SSSR count). The maximum absolute atomic E-state index is 13.1. The Labute approximate surface area is 492 Å². The summed E-state index contributed by atoms with van der Waals surface area (Å²) < 4.78 is 34.5. The van der Waals surface area contributed by atoms with Gasteiger partial charge < -0.3 is 64.2 Å². The van der Waals surface area contributed by atoms with E-state index in [4.69, 9.17) is 28.4 Å². The number of allylic oxidation sites excluding steroid dienone is 8. The molecule has 0 aromatic rings. The summed E-state index contributed by atoms with van der Waals surface area (Å²) in [6, 6.07) is 0. The number of aliphatic hydroxyl groups is 7. The first-order chi connectivity index (χ1) is 39.6. The number of rotatable bonds is 55. The Bertz CT molecular complexity index is 1520. The average Bonchev–Trinajstić information content (AvgIpc) is 3.57. The van der Waals surface area contributed by atoms with E-state index in [2.05, 4.69) is 62.5 Å². The topological polar surface area (TPSA) is 214 Å². The third kappa shape index (κ3) is 39.3. The Morgan fingerprint density at radius 2 is 0.765 bits per heavy atom. The van der Waals surface area contributed by atoms with Crippen molar-refractivity contribution in [2.75, 3.05) is 33.0 Å². The number of aliphatic hydroxyl groups excluding tert-OH is 7. The third-order valence-electron chi connectivity index (χ3n) is 15.8. The van der Waals surface area contributed by atoms with Crippen LogP contribution in [0, 0.1) is 0 Å². The van der Waals surface area contributed by atoms with Gasteiger partial charge in [0, 0.05) is 13.0 Å². The summed E-state index contributed by atoms with van der Waals surface area (Å²) in [5, 5.41) is 72.5. The maximum Gasteiger partial charge on any atom is 0.306 e. The van der Waals surface area contributed by atoms with Gasteiger partial charge in [0.15, 0.2) is 12.6 Å². The molecule has 0 saturated carbocycles. The summed E-state index contributed by atoms with van der Waals surface area (Å²) in [5.74, 6) is -0.376. The van der Waals surface area contributed by atoms with Crippen LogP contribution in [0.3, 0.4) is 0 Å². The summed E-state index contributed by atoms with van der Waals surface area (Å²) in [6.45, 7) is 3.70. The molecule has 2 fully saturated rings. The van der Waals surface area contributed by atoms with Gasteiger partial charge in [-0.3, -0.25) is 4.79 Å². The molecule has 14 nitrogen and oxygen atoms in total. The van der Waals surface area contributed by atoms with Crippen molar-refractivity contribution in [1.29, 1.82) is 0 Å². The molecule has 11 unspecified atom stereocenters. The van der Waals surface area contributed by atoms with Crippen molar-refractivity contribution < 1.29 is 69.0 Å².